The molecule has 4 unspecified atom stereocenters. The fourth-order valence-corrected chi connectivity index (χ4v) is 2.13. The summed E-state index contributed by atoms with van der Waals surface area (Å²) < 4.78 is 0. The molecule has 4 atom stereocenters. The topological polar surface area (TPSA) is 188 Å². The van der Waals surface area contributed by atoms with Crippen molar-refractivity contribution in [3.8, 4) is 0 Å². The number of hydrogen-bond acceptors (Lipinski definition) is 7. The van der Waals surface area contributed by atoms with Crippen LogP contribution in [0.15, 0.2) is 0 Å². The van der Waals surface area contributed by atoms with Gasteiger partial charge < -0.3 is 31.9 Å². The first-order chi connectivity index (χ1) is 12.5. The molecule has 0 radical (unpaired) electrons. The summed E-state index contributed by atoms with van der Waals surface area (Å²) in [5, 5.41) is 24.3. The molecule has 12 heteroatoms. The molecule has 0 aromatic carbocycles. The van der Waals surface area contributed by atoms with Crippen molar-refractivity contribution in [1.82, 2.24) is 16.0 Å². The third-order valence-corrected chi connectivity index (χ3v) is 4.18. The second-order valence-electron chi connectivity index (χ2n) is 5.93. The first-order valence-electron chi connectivity index (χ1n) is 8.21. The molecule has 0 saturated carbocycles. The minimum atomic E-state index is -1.52. The van der Waals surface area contributed by atoms with Crippen molar-refractivity contribution in [1.29, 1.82) is 0 Å². The Morgan fingerprint density at radius 3 is 2.07 bits per heavy atom. The van der Waals surface area contributed by atoms with Crippen LogP contribution in [0.2, 0.25) is 0 Å². The first kappa shape index (κ1) is 24.7. The van der Waals surface area contributed by atoms with Crippen LogP contribution in [-0.2, 0) is 24.0 Å². The molecular formula is C15H26N4O7S. The molecule has 0 aliphatic carbocycles. The van der Waals surface area contributed by atoms with E-state index in [0.717, 1.165) is 0 Å². The van der Waals surface area contributed by atoms with E-state index >= 15 is 0 Å². The van der Waals surface area contributed by atoms with Gasteiger partial charge in [-0.1, -0.05) is 20.3 Å². The largest absolute Gasteiger partial charge is 0.481 e. The highest BCUT2D eigenvalue weighted by atomic mass is 32.1. The number of carboxylic acid groups (broad SMARTS) is 2. The van der Waals surface area contributed by atoms with E-state index in [-0.39, 0.29) is 11.7 Å². The molecule has 11 nitrogen and oxygen atoms in total. The summed E-state index contributed by atoms with van der Waals surface area (Å²) in [6.07, 6.45) is -0.103. The molecule has 0 aliphatic heterocycles. The van der Waals surface area contributed by atoms with Gasteiger partial charge in [-0.3, -0.25) is 19.2 Å². The Morgan fingerprint density at radius 2 is 1.63 bits per heavy atom. The molecule has 7 N–H and O–H groups in total. The SMILES string of the molecule is CCC(C)C(N)C(=O)NCC(=O)NC(CC(=O)O)C(=O)NC(CS)C(=O)O. The Kier molecular flexibility index (Phi) is 11.1. The molecule has 0 bridgehead atoms. The van der Waals surface area contributed by atoms with Crippen LogP contribution in [0.1, 0.15) is 26.7 Å². The van der Waals surface area contributed by atoms with Gasteiger partial charge in [0.05, 0.1) is 19.0 Å². The van der Waals surface area contributed by atoms with Gasteiger partial charge in [0.15, 0.2) is 0 Å². The van der Waals surface area contributed by atoms with Gasteiger partial charge in [0.2, 0.25) is 17.7 Å². The van der Waals surface area contributed by atoms with Gasteiger partial charge in [0.1, 0.15) is 12.1 Å². The lowest BCUT2D eigenvalue weighted by atomic mass is 9.99. The third-order valence-electron chi connectivity index (χ3n) is 3.81. The first-order valence-corrected chi connectivity index (χ1v) is 8.85. The van der Waals surface area contributed by atoms with Crippen molar-refractivity contribution in [2.24, 2.45) is 11.7 Å². The lowest BCUT2D eigenvalue weighted by molar-refractivity contribution is -0.143. The average Bonchev–Trinajstić information content (AvgIpc) is 2.61. The zero-order valence-corrected chi connectivity index (χ0v) is 16.0. The number of amides is 3. The zero-order chi connectivity index (χ0) is 21.1. The molecule has 0 heterocycles. The van der Waals surface area contributed by atoms with Gasteiger partial charge in [-0.05, 0) is 5.92 Å². The number of nitrogens with two attached hydrogens (primary N) is 1. The summed E-state index contributed by atoms with van der Waals surface area (Å²) >= 11 is 3.78. The van der Waals surface area contributed by atoms with Gasteiger partial charge in [0, 0.05) is 5.75 Å². The van der Waals surface area contributed by atoms with Crippen LogP contribution in [0.25, 0.3) is 0 Å². The van der Waals surface area contributed by atoms with Crippen LogP contribution in [0.3, 0.4) is 0 Å². The van der Waals surface area contributed by atoms with Crippen molar-refractivity contribution in [2.45, 2.75) is 44.8 Å². The lowest BCUT2D eigenvalue weighted by Crippen LogP contribution is -2.55. The molecule has 0 rings (SSSR count). The average molecular weight is 406 g/mol. The summed E-state index contributed by atoms with van der Waals surface area (Å²) in [5.74, 6) is -5.43. The van der Waals surface area contributed by atoms with E-state index < -0.39 is 60.8 Å². The third kappa shape index (κ3) is 9.24. The summed E-state index contributed by atoms with van der Waals surface area (Å²) in [4.78, 5) is 57.7. The maximum Gasteiger partial charge on any atom is 0.327 e. The monoisotopic (exact) mass is 406 g/mol. The lowest BCUT2D eigenvalue weighted by Gasteiger charge is -2.20. The van der Waals surface area contributed by atoms with Crippen molar-refractivity contribution >= 4 is 42.3 Å². The number of thiol groups is 1. The van der Waals surface area contributed by atoms with E-state index in [2.05, 4.69) is 28.6 Å². The Balaban J connectivity index is 4.82. The highest BCUT2D eigenvalue weighted by molar-refractivity contribution is 7.80. The van der Waals surface area contributed by atoms with Gasteiger partial charge in [-0.25, -0.2) is 4.79 Å². The standard InChI is InChI=1S/C15H26N4O7S/c1-3-7(2)12(16)14(24)17-5-10(20)18-8(4-11(21)22)13(23)19-9(6-27)15(25)26/h7-9,12,27H,3-6,16H2,1-2H3,(H,17,24)(H,18,20)(H,19,23)(H,21,22)(H,25,26). The molecule has 3 amide bonds. The van der Waals surface area contributed by atoms with Crippen molar-refractivity contribution in [3.05, 3.63) is 0 Å². The van der Waals surface area contributed by atoms with Crippen molar-refractivity contribution in [2.75, 3.05) is 12.3 Å². The number of carbonyl (C=O) groups is 5. The van der Waals surface area contributed by atoms with Crippen molar-refractivity contribution in [3.63, 3.8) is 0 Å². The predicted octanol–water partition coefficient (Wildman–Crippen LogP) is -2.07. The van der Waals surface area contributed by atoms with E-state index in [9.17, 15) is 24.0 Å². The Labute approximate surface area is 161 Å². The molecule has 0 aliphatic rings. The number of carboxylic acids is 2. The summed E-state index contributed by atoms with van der Waals surface area (Å²) in [7, 11) is 0. The second kappa shape index (κ2) is 12.1. The van der Waals surface area contributed by atoms with E-state index in [1.54, 1.807) is 6.92 Å². The molecule has 0 aromatic rings. The van der Waals surface area contributed by atoms with Crippen LogP contribution in [0.5, 0.6) is 0 Å². The minimum Gasteiger partial charge on any atom is -0.481 e. The summed E-state index contributed by atoms with van der Waals surface area (Å²) in [6.45, 7) is 3.12. The molecular weight excluding hydrogens is 380 g/mol. The quantitative estimate of drug-likeness (QED) is 0.180. The fraction of sp³-hybridized carbons (Fsp3) is 0.667. The number of nitrogens with one attached hydrogen (secondary N) is 3. The molecule has 0 fully saturated rings. The maximum atomic E-state index is 12.1. The van der Waals surface area contributed by atoms with Crippen LogP contribution in [-0.4, -0.2) is 70.3 Å². The van der Waals surface area contributed by atoms with Gasteiger partial charge in [-0.15, -0.1) is 0 Å². The van der Waals surface area contributed by atoms with E-state index in [1.807, 2.05) is 6.92 Å². The fourth-order valence-electron chi connectivity index (χ4n) is 1.88. The Bertz CT molecular complexity index is 572. The van der Waals surface area contributed by atoms with Crippen LogP contribution >= 0.6 is 12.6 Å². The van der Waals surface area contributed by atoms with Crippen LogP contribution in [0, 0.1) is 5.92 Å². The van der Waals surface area contributed by atoms with E-state index in [4.69, 9.17) is 15.9 Å². The van der Waals surface area contributed by atoms with Crippen LogP contribution in [0.4, 0.5) is 0 Å². The number of aliphatic carboxylic acids is 2. The second-order valence-corrected chi connectivity index (χ2v) is 6.29. The van der Waals surface area contributed by atoms with Crippen LogP contribution < -0.4 is 21.7 Å². The van der Waals surface area contributed by atoms with E-state index in [1.165, 1.54) is 0 Å². The van der Waals surface area contributed by atoms with Gasteiger partial charge >= 0.3 is 11.9 Å². The van der Waals surface area contributed by atoms with E-state index in [0.29, 0.717) is 6.42 Å². The summed E-state index contributed by atoms with van der Waals surface area (Å²) in [5.41, 5.74) is 5.72. The Hall–Kier alpha value is -2.34. The minimum absolute atomic E-state index is 0.104. The predicted molar refractivity (Wildman–Crippen MR) is 98.0 cm³/mol. The smallest absolute Gasteiger partial charge is 0.327 e. The highest BCUT2D eigenvalue weighted by Gasteiger charge is 2.28. The maximum absolute atomic E-state index is 12.1. The molecule has 0 spiro atoms. The molecule has 154 valence electrons. The highest BCUT2D eigenvalue weighted by Crippen LogP contribution is 2.04. The van der Waals surface area contributed by atoms with Gasteiger partial charge in [0.25, 0.3) is 0 Å². The summed E-state index contributed by atoms with van der Waals surface area (Å²) in [6, 6.07) is -3.67. The molecule has 0 aromatic heterocycles. The number of carbonyl (C=O) groups excluding carboxylic acids is 3. The normalized spacial score (nSPS) is 15.0. The van der Waals surface area contributed by atoms with Crippen molar-refractivity contribution < 1.29 is 34.2 Å². The number of rotatable bonds is 12. The molecule has 0 saturated heterocycles. The van der Waals surface area contributed by atoms with Gasteiger partial charge in [-0.2, -0.15) is 12.6 Å². The number of hydrogen-bond donors (Lipinski definition) is 7. The Morgan fingerprint density at radius 1 is 1.04 bits per heavy atom. The molecule has 27 heavy (non-hydrogen) atoms. The zero-order valence-electron chi connectivity index (χ0n) is 15.1.